The first kappa shape index (κ1) is 28.6. The lowest BCUT2D eigenvalue weighted by Crippen LogP contribution is -2.44. The van der Waals surface area contributed by atoms with Gasteiger partial charge in [-0.15, -0.1) is 11.3 Å². The lowest BCUT2D eigenvalue weighted by molar-refractivity contribution is -0.128. The van der Waals surface area contributed by atoms with Crippen LogP contribution < -0.4 is 15.0 Å². The number of pyridine rings is 1. The summed E-state index contributed by atoms with van der Waals surface area (Å²) >= 11 is 1.47. The molecule has 1 N–H and O–H groups in total. The molecule has 0 bridgehead atoms. The van der Waals surface area contributed by atoms with Gasteiger partial charge in [0.15, 0.2) is 9.84 Å². The second kappa shape index (κ2) is 11.3. The molecule has 42 heavy (non-hydrogen) atoms. The van der Waals surface area contributed by atoms with Crippen molar-refractivity contribution in [2.24, 2.45) is 5.92 Å². The van der Waals surface area contributed by atoms with Crippen LogP contribution in [0, 0.1) is 17.2 Å². The van der Waals surface area contributed by atoms with E-state index < -0.39 is 27.5 Å². The van der Waals surface area contributed by atoms with Crippen LogP contribution in [0.15, 0.2) is 42.6 Å². The van der Waals surface area contributed by atoms with Crippen LogP contribution in [0.25, 0.3) is 21.1 Å². The first-order chi connectivity index (χ1) is 20.2. The number of nitrogens with one attached hydrogen (secondary N) is 1. The number of nitriles is 1. The predicted molar refractivity (Wildman–Crippen MR) is 159 cm³/mol. The summed E-state index contributed by atoms with van der Waals surface area (Å²) in [5.41, 5.74) is 2.42. The third-order valence-corrected chi connectivity index (χ3v) is 11.2. The highest BCUT2D eigenvalue weighted by atomic mass is 32.2. The van der Waals surface area contributed by atoms with E-state index in [1.807, 2.05) is 36.4 Å². The van der Waals surface area contributed by atoms with Crippen LogP contribution in [0.1, 0.15) is 43.7 Å². The fraction of sp³-hybridized carbons (Fsp3) is 0.467. The number of anilines is 1. The van der Waals surface area contributed by atoms with Gasteiger partial charge in [-0.2, -0.15) is 5.26 Å². The maximum absolute atomic E-state index is 14.7. The van der Waals surface area contributed by atoms with Crippen molar-refractivity contribution in [3.05, 3.63) is 48.3 Å². The number of hydrogen-bond acceptors (Lipinski definition) is 9. The number of carbonyl (C=O) groups is 1. The Hall–Kier alpha value is -3.56. The minimum absolute atomic E-state index is 0.0852. The van der Waals surface area contributed by atoms with Crippen molar-refractivity contribution in [3.8, 4) is 33.0 Å². The number of carbonyl (C=O) groups excluding carboxylic acids is 1. The Balaban J connectivity index is 1.36. The molecule has 220 valence electrons. The Morgan fingerprint density at radius 3 is 2.52 bits per heavy atom. The molecule has 6 rings (SSSR count). The minimum Gasteiger partial charge on any atom is -0.495 e. The first-order valence-corrected chi connectivity index (χ1v) is 16.8. The molecule has 3 aliphatic rings. The molecule has 9 nitrogen and oxygen atoms in total. The zero-order chi connectivity index (χ0) is 29.5. The number of rotatable bonds is 7. The van der Waals surface area contributed by atoms with Crippen LogP contribution in [0.3, 0.4) is 0 Å². The zero-order valence-corrected chi connectivity index (χ0v) is 24.9. The lowest BCUT2D eigenvalue weighted by atomic mass is 9.75. The van der Waals surface area contributed by atoms with Gasteiger partial charge in [-0.3, -0.25) is 4.79 Å². The van der Waals surface area contributed by atoms with Gasteiger partial charge in [0.1, 0.15) is 22.5 Å². The van der Waals surface area contributed by atoms with Gasteiger partial charge in [-0.25, -0.2) is 22.8 Å². The average Bonchev–Trinajstić information content (AvgIpc) is 3.64. The number of benzene rings is 1. The number of nitrogens with zero attached hydrogens (tertiary/aromatic N) is 4. The van der Waals surface area contributed by atoms with Crippen molar-refractivity contribution in [3.63, 3.8) is 0 Å². The summed E-state index contributed by atoms with van der Waals surface area (Å²) in [5, 5.41) is 13.1. The smallest absolute Gasteiger partial charge is 0.225 e. The van der Waals surface area contributed by atoms with E-state index in [2.05, 4.69) is 21.3 Å². The normalized spacial score (nSPS) is 24.4. The van der Waals surface area contributed by atoms with E-state index in [0.29, 0.717) is 55.2 Å². The highest BCUT2D eigenvalue weighted by Crippen LogP contribution is 2.47. The molecule has 1 aromatic carbocycles. The van der Waals surface area contributed by atoms with Crippen LogP contribution in [0.4, 0.5) is 10.1 Å². The highest BCUT2D eigenvalue weighted by molar-refractivity contribution is 7.91. The quantitative estimate of drug-likeness (QED) is 0.415. The molecule has 0 spiro atoms. The molecule has 2 saturated carbocycles. The van der Waals surface area contributed by atoms with Gasteiger partial charge in [-0.05, 0) is 61.9 Å². The Kier molecular flexibility index (Phi) is 7.66. The van der Waals surface area contributed by atoms with Crippen LogP contribution in [0.2, 0.25) is 0 Å². The molecule has 0 unspecified atom stereocenters. The fourth-order valence-electron chi connectivity index (χ4n) is 5.78. The summed E-state index contributed by atoms with van der Waals surface area (Å²) < 4.78 is 43.8. The van der Waals surface area contributed by atoms with Crippen molar-refractivity contribution in [2.75, 3.05) is 36.6 Å². The number of sulfone groups is 1. The molecule has 3 atom stereocenters. The third-order valence-electron chi connectivity index (χ3n) is 8.48. The molecule has 1 saturated heterocycles. The zero-order valence-electron chi connectivity index (χ0n) is 23.3. The summed E-state index contributed by atoms with van der Waals surface area (Å²) in [6, 6.07) is 13.8. The van der Waals surface area contributed by atoms with E-state index in [4.69, 9.17) is 9.72 Å². The van der Waals surface area contributed by atoms with Gasteiger partial charge in [-0.1, -0.05) is 12.1 Å². The summed E-state index contributed by atoms with van der Waals surface area (Å²) in [6.07, 6.45) is 2.64. The molecule has 2 aliphatic carbocycles. The summed E-state index contributed by atoms with van der Waals surface area (Å²) in [6.45, 7) is 0.905. The Bertz CT molecular complexity index is 1600. The highest BCUT2D eigenvalue weighted by Gasteiger charge is 2.48. The fourth-order valence-corrected chi connectivity index (χ4v) is 8.10. The second-order valence-corrected chi connectivity index (χ2v) is 14.6. The second-order valence-electron chi connectivity index (χ2n) is 11.3. The van der Waals surface area contributed by atoms with Gasteiger partial charge >= 0.3 is 0 Å². The standard InChI is InChI=1S/C30H32FN5O4S2/c1-40-22-7-9-25(33-17-22)29-34-26(23-8-4-20(31)16-24(23)28(37)35-30(18-32)10-11-30)27(41-29)19-2-5-21(6-3-19)36-12-14-42(38,39)15-13-36/h2-3,5-7,9,17,20,23-24H,4,8,10-16H2,1H3,(H,35,37)/t20-,23+,24+/m0/s1. The van der Waals surface area contributed by atoms with Gasteiger partial charge in [0, 0.05) is 30.6 Å². The third kappa shape index (κ3) is 5.85. The largest absolute Gasteiger partial charge is 0.495 e. The Morgan fingerprint density at radius 2 is 1.90 bits per heavy atom. The number of amides is 1. The Morgan fingerprint density at radius 1 is 1.17 bits per heavy atom. The SMILES string of the molecule is COc1ccc(-c2nc([C@@H]3CC[C@H](F)C[C@H]3C(=O)NC3(C#N)CC3)c(-c3ccc(N4CCS(=O)(=O)CC4)cc3)s2)nc1. The summed E-state index contributed by atoms with van der Waals surface area (Å²) in [4.78, 5) is 26.0. The number of aromatic nitrogens is 2. The number of halogens is 1. The maximum Gasteiger partial charge on any atom is 0.225 e. The predicted octanol–water partition coefficient (Wildman–Crippen LogP) is 4.51. The number of thiazole rings is 1. The topological polar surface area (TPSA) is 125 Å². The molecule has 0 radical (unpaired) electrons. The molecule has 1 aliphatic heterocycles. The van der Waals surface area contributed by atoms with E-state index in [-0.39, 0.29) is 29.8 Å². The van der Waals surface area contributed by atoms with E-state index in [9.17, 15) is 22.9 Å². The lowest BCUT2D eigenvalue weighted by Gasteiger charge is -2.32. The van der Waals surface area contributed by atoms with Crippen molar-refractivity contribution in [1.82, 2.24) is 15.3 Å². The van der Waals surface area contributed by atoms with Crippen molar-refractivity contribution in [2.45, 2.75) is 49.7 Å². The molecule has 3 fully saturated rings. The van der Waals surface area contributed by atoms with Crippen LogP contribution >= 0.6 is 11.3 Å². The van der Waals surface area contributed by atoms with Gasteiger partial charge < -0.3 is 15.0 Å². The van der Waals surface area contributed by atoms with Gasteiger partial charge in [0.2, 0.25) is 5.91 Å². The van der Waals surface area contributed by atoms with Crippen molar-refractivity contribution in [1.29, 1.82) is 5.26 Å². The van der Waals surface area contributed by atoms with E-state index in [0.717, 1.165) is 21.8 Å². The van der Waals surface area contributed by atoms with Crippen molar-refractivity contribution < 1.29 is 22.3 Å². The minimum atomic E-state index is -2.99. The first-order valence-electron chi connectivity index (χ1n) is 14.1. The molecule has 12 heteroatoms. The van der Waals surface area contributed by atoms with E-state index >= 15 is 0 Å². The molecule has 1 amide bonds. The number of ether oxygens (including phenoxy) is 1. The molecular formula is C30H32FN5O4S2. The Labute approximate surface area is 248 Å². The molecular weight excluding hydrogens is 577 g/mol. The van der Waals surface area contributed by atoms with Crippen LogP contribution in [0.5, 0.6) is 5.75 Å². The monoisotopic (exact) mass is 609 g/mol. The van der Waals surface area contributed by atoms with Crippen molar-refractivity contribution >= 4 is 32.8 Å². The van der Waals surface area contributed by atoms with E-state index in [1.165, 1.54) is 11.3 Å². The van der Waals surface area contributed by atoms with Crippen LogP contribution in [-0.2, 0) is 14.6 Å². The van der Waals surface area contributed by atoms with Crippen LogP contribution in [-0.4, -0.2) is 67.7 Å². The molecule has 2 aromatic heterocycles. The summed E-state index contributed by atoms with van der Waals surface area (Å²) in [7, 11) is -1.41. The average molecular weight is 610 g/mol. The number of hydrogen-bond donors (Lipinski definition) is 1. The molecule has 3 aromatic rings. The summed E-state index contributed by atoms with van der Waals surface area (Å²) in [5.74, 6) is -0.357. The number of alkyl halides is 1. The van der Waals surface area contributed by atoms with E-state index in [1.54, 1.807) is 13.3 Å². The number of methoxy groups -OCH3 is 1. The van der Waals surface area contributed by atoms with Gasteiger partial charge in [0.05, 0.1) is 47.1 Å². The molecule has 3 heterocycles. The van der Waals surface area contributed by atoms with Gasteiger partial charge in [0.25, 0.3) is 0 Å². The maximum atomic E-state index is 14.7.